The van der Waals surface area contributed by atoms with E-state index in [1.165, 1.54) is 0 Å². The van der Waals surface area contributed by atoms with Gasteiger partial charge in [-0.25, -0.2) is 0 Å². The topological polar surface area (TPSA) is 55.5 Å². The zero-order valence-corrected chi connectivity index (χ0v) is 9.53. The average Bonchev–Trinajstić information content (AvgIpc) is 2.27. The summed E-state index contributed by atoms with van der Waals surface area (Å²) in [7, 11) is 1.65. The molecule has 3 heteroatoms. The van der Waals surface area contributed by atoms with Crippen molar-refractivity contribution in [2.75, 3.05) is 13.7 Å². The van der Waals surface area contributed by atoms with Crippen molar-refractivity contribution in [3.63, 3.8) is 0 Å². The van der Waals surface area contributed by atoms with Crippen molar-refractivity contribution in [3.05, 3.63) is 29.3 Å². The van der Waals surface area contributed by atoms with E-state index >= 15 is 0 Å². The van der Waals surface area contributed by atoms with Crippen LogP contribution in [0.4, 0.5) is 0 Å². The van der Waals surface area contributed by atoms with Gasteiger partial charge in [-0.1, -0.05) is 19.9 Å². The third kappa shape index (κ3) is 2.70. The van der Waals surface area contributed by atoms with E-state index in [9.17, 15) is 5.11 Å². The van der Waals surface area contributed by atoms with Gasteiger partial charge in [-0.3, -0.25) is 0 Å². The molecule has 1 aromatic rings. The SMILES string of the molecule is COc1ccc(C(O)CN)cc1C(C)C. The minimum absolute atomic E-state index is 0.240. The van der Waals surface area contributed by atoms with Crippen LogP contribution in [0.5, 0.6) is 5.75 Å². The van der Waals surface area contributed by atoms with Gasteiger partial charge >= 0.3 is 0 Å². The van der Waals surface area contributed by atoms with E-state index in [1.807, 2.05) is 18.2 Å². The van der Waals surface area contributed by atoms with Crippen molar-refractivity contribution in [3.8, 4) is 5.75 Å². The van der Waals surface area contributed by atoms with Crippen LogP contribution in [0, 0.1) is 0 Å². The van der Waals surface area contributed by atoms with Crippen LogP contribution in [0.2, 0.25) is 0 Å². The minimum atomic E-state index is -0.589. The highest BCUT2D eigenvalue weighted by molar-refractivity contribution is 5.40. The average molecular weight is 209 g/mol. The predicted molar refractivity (Wildman–Crippen MR) is 61.1 cm³/mol. The van der Waals surface area contributed by atoms with E-state index in [1.54, 1.807) is 7.11 Å². The molecule has 0 saturated heterocycles. The first kappa shape index (κ1) is 12.0. The number of aliphatic hydroxyl groups is 1. The lowest BCUT2D eigenvalue weighted by Gasteiger charge is -2.15. The molecule has 3 nitrogen and oxygen atoms in total. The van der Waals surface area contributed by atoms with Crippen molar-refractivity contribution in [1.82, 2.24) is 0 Å². The number of methoxy groups -OCH3 is 1. The molecule has 0 aliphatic rings. The predicted octanol–water partition coefficient (Wildman–Crippen LogP) is 1.81. The second-order valence-electron chi connectivity index (χ2n) is 3.91. The molecule has 15 heavy (non-hydrogen) atoms. The summed E-state index contributed by atoms with van der Waals surface area (Å²) < 4.78 is 5.26. The van der Waals surface area contributed by atoms with Crippen LogP contribution in [0.1, 0.15) is 37.0 Å². The molecule has 0 aliphatic carbocycles. The van der Waals surface area contributed by atoms with E-state index < -0.39 is 6.10 Å². The van der Waals surface area contributed by atoms with Crippen molar-refractivity contribution in [2.45, 2.75) is 25.9 Å². The minimum Gasteiger partial charge on any atom is -0.496 e. The second kappa shape index (κ2) is 5.14. The van der Waals surface area contributed by atoms with Gasteiger partial charge < -0.3 is 15.6 Å². The highest BCUT2D eigenvalue weighted by atomic mass is 16.5. The molecule has 0 aromatic heterocycles. The molecule has 3 N–H and O–H groups in total. The lowest BCUT2D eigenvalue weighted by atomic mass is 9.97. The normalized spacial score (nSPS) is 12.9. The van der Waals surface area contributed by atoms with Crippen LogP contribution in [0.3, 0.4) is 0 Å². The summed E-state index contributed by atoms with van der Waals surface area (Å²) in [5, 5.41) is 9.63. The molecular formula is C12H19NO2. The monoisotopic (exact) mass is 209 g/mol. The standard InChI is InChI=1S/C12H19NO2/c1-8(2)10-6-9(11(14)7-13)4-5-12(10)15-3/h4-6,8,11,14H,7,13H2,1-3H3. The lowest BCUT2D eigenvalue weighted by molar-refractivity contribution is 0.186. The van der Waals surface area contributed by atoms with Gasteiger partial charge in [0, 0.05) is 6.54 Å². The summed E-state index contributed by atoms with van der Waals surface area (Å²) in [6, 6.07) is 5.69. The van der Waals surface area contributed by atoms with Crippen LogP contribution in [0.25, 0.3) is 0 Å². The van der Waals surface area contributed by atoms with E-state index in [0.717, 1.165) is 16.9 Å². The molecule has 84 valence electrons. The van der Waals surface area contributed by atoms with E-state index in [0.29, 0.717) is 5.92 Å². The molecule has 0 radical (unpaired) electrons. The van der Waals surface area contributed by atoms with Gasteiger partial charge in [-0.15, -0.1) is 0 Å². The molecule has 0 aliphatic heterocycles. The Kier molecular flexibility index (Phi) is 4.12. The van der Waals surface area contributed by atoms with Gasteiger partial charge in [0.25, 0.3) is 0 Å². The fourth-order valence-electron chi connectivity index (χ4n) is 1.55. The molecule has 0 fully saturated rings. The Bertz CT molecular complexity index is 323. The molecule has 0 bridgehead atoms. The maximum atomic E-state index is 9.63. The van der Waals surface area contributed by atoms with Gasteiger partial charge in [0.1, 0.15) is 5.75 Å². The van der Waals surface area contributed by atoms with Crippen molar-refractivity contribution >= 4 is 0 Å². The Hall–Kier alpha value is -1.06. The van der Waals surface area contributed by atoms with Gasteiger partial charge in [-0.2, -0.15) is 0 Å². The highest BCUT2D eigenvalue weighted by Gasteiger charge is 2.11. The van der Waals surface area contributed by atoms with Crippen LogP contribution < -0.4 is 10.5 Å². The van der Waals surface area contributed by atoms with Crippen LogP contribution in [-0.4, -0.2) is 18.8 Å². The van der Waals surface area contributed by atoms with Crippen LogP contribution >= 0.6 is 0 Å². The van der Waals surface area contributed by atoms with E-state index in [-0.39, 0.29) is 6.54 Å². The number of rotatable bonds is 4. The number of ether oxygens (including phenoxy) is 1. The number of hydrogen-bond acceptors (Lipinski definition) is 3. The Morgan fingerprint density at radius 1 is 1.40 bits per heavy atom. The molecule has 1 atom stereocenters. The smallest absolute Gasteiger partial charge is 0.122 e. The number of benzene rings is 1. The second-order valence-corrected chi connectivity index (χ2v) is 3.91. The molecule has 0 amide bonds. The Balaban J connectivity index is 3.10. The fraction of sp³-hybridized carbons (Fsp3) is 0.500. The summed E-state index contributed by atoms with van der Waals surface area (Å²) in [4.78, 5) is 0. The van der Waals surface area contributed by atoms with Crippen LogP contribution in [0.15, 0.2) is 18.2 Å². The summed E-state index contributed by atoms with van der Waals surface area (Å²) in [6.07, 6.45) is -0.589. The third-order valence-corrected chi connectivity index (χ3v) is 2.48. The van der Waals surface area contributed by atoms with E-state index in [4.69, 9.17) is 10.5 Å². The van der Waals surface area contributed by atoms with Crippen molar-refractivity contribution in [1.29, 1.82) is 0 Å². The summed E-state index contributed by atoms with van der Waals surface area (Å²) in [5.74, 6) is 1.22. The van der Waals surface area contributed by atoms with Gasteiger partial charge in [0.15, 0.2) is 0 Å². The maximum absolute atomic E-state index is 9.63. The number of hydrogen-bond donors (Lipinski definition) is 2. The molecular weight excluding hydrogens is 190 g/mol. The summed E-state index contributed by atoms with van der Waals surface area (Å²) in [6.45, 7) is 4.43. The first-order chi connectivity index (χ1) is 7.10. The molecule has 1 rings (SSSR count). The molecule has 1 unspecified atom stereocenters. The first-order valence-electron chi connectivity index (χ1n) is 5.16. The number of aliphatic hydroxyl groups excluding tert-OH is 1. The molecule has 1 aromatic carbocycles. The van der Waals surface area contributed by atoms with Gasteiger partial charge in [0.2, 0.25) is 0 Å². The summed E-state index contributed by atoms with van der Waals surface area (Å²) >= 11 is 0. The third-order valence-electron chi connectivity index (χ3n) is 2.48. The fourth-order valence-corrected chi connectivity index (χ4v) is 1.55. The van der Waals surface area contributed by atoms with Gasteiger partial charge in [-0.05, 0) is 29.2 Å². The molecule has 0 saturated carbocycles. The zero-order valence-electron chi connectivity index (χ0n) is 9.53. The van der Waals surface area contributed by atoms with Gasteiger partial charge in [0.05, 0.1) is 13.2 Å². The number of nitrogens with two attached hydrogens (primary N) is 1. The maximum Gasteiger partial charge on any atom is 0.122 e. The Morgan fingerprint density at radius 3 is 2.53 bits per heavy atom. The van der Waals surface area contributed by atoms with E-state index in [2.05, 4.69) is 13.8 Å². The zero-order chi connectivity index (χ0) is 11.4. The first-order valence-corrected chi connectivity index (χ1v) is 5.16. The Morgan fingerprint density at radius 2 is 2.07 bits per heavy atom. The lowest BCUT2D eigenvalue weighted by Crippen LogP contribution is -2.12. The highest BCUT2D eigenvalue weighted by Crippen LogP contribution is 2.29. The summed E-state index contributed by atoms with van der Waals surface area (Å²) in [5.41, 5.74) is 7.37. The molecule has 0 heterocycles. The largest absolute Gasteiger partial charge is 0.496 e. The Labute approximate surface area is 90.9 Å². The van der Waals surface area contributed by atoms with Crippen molar-refractivity contribution < 1.29 is 9.84 Å². The van der Waals surface area contributed by atoms with Crippen LogP contribution in [-0.2, 0) is 0 Å². The quantitative estimate of drug-likeness (QED) is 0.795. The van der Waals surface area contributed by atoms with Crippen molar-refractivity contribution in [2.24, 2.45) is 5.73 Å². The molecule has 0 spiro atoms.